The Kier molecular flexibility index (Phi) is 5.55. The maximum Gasteiger partial charge on any atom is 0.252 e. The molecule has 1 aliphatic carbocycles. The Labute approximate surface area is 146 Å². The topological polar surface area (TPSA) is 70.2 Å². The molecule has 5 nitrogen and oxygen atoms in total. The number of piperidine rings is 1. The van der Waals surface area contributed by atoms with E-state index in [1.807, 2.05) is 0 Å². The first-order valence-corrected chi connectivity index (χ1v) is 7.97. The fraction of sp³-hybridized carbons (Fsp3) is 0.500. The van der Waals surface area contributed by atoms with Crippen molar-refractivity contribution in [3.05, 3.63) is 28.8 Å². The smallest absolute Gasteiger partial charge is 0.252 e. The number of nitrogens with one attached hydrogen (secondary N) is 3. The molecule has 3 N–H and O–H groups in total. The lowest BCUT2D eigenvalue weighted by Crippen LogP contribution is -2.31. The van der Waals surface area contributed by atoms with Gasteiger partial charge in [-0.1, -0.05) is 11.6 Å². The molecule has 0 bridgehead atoms. The molecule has 2 fully saturated rings. The van der Waals surface area contributed by atoms with Gasteiger partial charge in [-0.25, -0.2) is 0 Å². The zero-order valence-corrected chi connectivity index (χ0v) is 14.5. The van der Waals surface area contributed by atoms with E-state index >= 15 is 0 Å². The van der Waals surface area contributed by atoms with E-state index < -0.39 is 0 Å². The number of amides is 2. The minimum atomic E-state index is -0.262. The standard InChI is InChI=1S/C16H20ClN3O2.ClH/c1-18-14(21)11-8-10(2-3-13(11)17)20-15(22)12-9-16(12)4-6-19-7-5-16;/h2-3,8,12,19H,4-7,9H2,1H3,(H,18,21)(H,20,22);1H. The van der Waals surface area contributed by atoms with Crippen molar-refractivity contribution in [1.29, 1.82) is 0 Å². The highest BCUT2D eigenvalue weighted by Gasteiger charge is 2.57. The van der Waals surface area contributed by atoms with Crippen molar-refractivity contribution in [3.63, 3.8) is 0 Å². The van der Waals surface area contributed by atoms with E-state index in [1.54, 1.807) is 25.2 Å². The van der Waals surface area contributed by atoms with Gasteiger partial charge in [-0.15, -0.1) is 12.4 Å². The van der Waals surface area contributed by atoms with Crippen molar-refractivity contribution in [3.8, 4) is 0 Å². The van der Waals surface area contributed by atoms with Gasteiger partial charge in [-0.05, 0) is 56.0 Å². The van der Waals surface area contributed by atoms with Crippen molar-refractivity contribution >= 4 is 41.5 Å². The molecule has 1 unspecified atom stereocenters. The number of hydrogen-bond donors (Lipinski definition) is 3. The summed E-state index contributed by atoms with van der Waals surface area (Å²) in [5, 5.41) is 9.17. The highest BCUT2D eigenvalue weighted by atomic mass is 35.5. The predicted octanol–water partition coefficient (Wildman–Crippen LogP) is 2.45. The Morgan fingerprint density at radius 1 is 1.30 bits per heavy atom. The molecule has 1 atom stereocenters. The van der Waals surface area contributed by atoms with Gasteiger partial charge in [-0.3, -0.25) is 9.59 Å². The summed E-state index contributed by atoms with van der Waals surface area (Å²) < 4.78 is 0. The van der Waals surface area contributed by atoms with Crippen LogP contribution in [0.25, 0.3) is 0 Å². The average Bonchev–Trinajstić information content (AvgIpc) is 3.22. The first-order chi connectivity index (χ1) is 10.6. The SMILES string of the molecule is CNC(=O)c1cc(NC(=O)C2CC23CCNCC3)ccc1Cl.Cl. The fourth-order valence-electron chi connectivity index (χ4n) is 3.34. The molecule has 1 aliphatic heterocycles. The summed E-state index contributed by atoms with van der Waals surface area (Å²) in [5.74, 6) is -0.122. The van der Waals surface area contributed by atoms with E-state index in [0.717, 1.165) is 32.4 Å². The Morgan fingerprint density at radius 2 is 2.00 bits per heavy atom. The first-order valence-electron chi connectivity index (χ1n) is 7.59. The number of rotatable bonds is 3. The Hall–Kier alpha value is -1.30. The molecule has 2 aliphatic rings. The maximum absolute atomic E-state index is 12.4. The van der Waals surface area contributed by atoms with Crippen LogP contribution in [0.2, 0.25) is 5.02 Å². The van der Waals surface area contributed by atoms with Gasteiger partial charge in [0.2, 0.25) is 5.91 Å². The number of halogens is 2. The van der Waals surface area contributed by atoms with Crippen molar-refractivity contribution in [2.75, 3.05) is 25.5 Å². The molecular weight excluding hydrogens is 337 g/mol. The molecule has 3 rings (SSSR count). The minimum Gasteiger partial charge on any atom is -0.355 e. The molecule has 1 saturated heterocycles. The van der Waals surface area contributed by atoms with Crippen LogP contribution in [0.5, 0.6) is 0 Å². The third kappa shape index (κ3) is 3.62. The van der Waals surface area contributed by atoms with Gasteiger partial charge in [0.15, 0.2) is 0 Å². The second kappa shape index (κ2) is 7.07. The highest BCUT2D eigenvalue weighted by molar-refractivity contribution is 6.34. The zero-order valence-electron chi connectivity index (χ0n) is 12.9. The maximum atomic E-state index is 12.4. The second-order valence-corrected chi connectivity index (χ2v) is 6.54. The molecule has 0 aromatic heterocycles. The summed E-state index contributed by atoms with van der Waals surface area (Å²) in [6.45, 7) is 1.98. The first kappa shape index (κ1) is 18.0. The van der Waals surface area contributed by atoms with E-state index in [9.17, 15) is 9.59 Å². The van der Waals surface area contributed by atoms with Crippen LogP contribution in [0.3, 0.4) is 0 Å². The Bertz CT molecular complexity index is 615. The van der Waals surface area contributed by atoms with Gasteiger partial charge < -0.3 is 16.0 Å². The molecule has 1 aromatic carbocycles. The molecule has 1 saturated carbocycles. The lowest BCUT2D eigenvalue weighted by Gasteiger charge is -2.23. The summed E-state index contributed by atoms with van der Waals surface area (Å²) in [7, 11) is 1.55. The van der Waals surface area contributed by atoms with Crippen molar-refractivity contribution < 1.29 is 9.59 Å². The Morgan fingerprint density at radius 3 is 2.65 bits per heavy atom. The number of benzene rings is 1. The van der Waals surface area contributed by atoms with Crippen molar-refractivity contribution in [2.24, 2.45) is 11.3 Å². The van der Waals surface area contributed by atoms with E-state index in [-0.39, 0.29) is 35.6 Å². The largest absolute Gasteiger partial charge is 0.355 e. The quantitative estimate of drug-likeness (QED) is 0.777. The molecule has 1 spiro atoms. The number of hydrogen-bond acceptors (Lipinski definition) is 3. The van der Waals surface area contributed by atoms with E-state index in [4.69, 9.17) is 11.6 Å². The van der Waals surface area contributed by atoms with Crippen LogP contribution in [-0.4, -0.2) is 32.0 Å². The van der Waals surface area contributed by atoms with Crippen LogP contribution in [0, 0.1) is 11.3 Å². The molecule has 2 amide bonds. The molecular formula is C16H21Cl2N3O2. The van der Waals surface area contributed by atoms with Gasteiger partial charge in [0.05, 0.1) is 10.6 Å². The van der Waals surface area contributed by atoms with Crippen LogP contribution in [0.1, 0.15) is 29.6 Å². The average molecular weight is 358 g/mol. The predicted molar refractivity (Wildman–Crippen MR) is 93.4 cm³/mol. The third-order valence-electron chi connectivity index (χ3n) is 4.81. The molecule has 23 heavy (non-hydrogen) atoms. The van der Waals surface area contributed by atoms with Crippen molar-refractivity contribution in [2.45, 2.75) is 19.3 Å². The summed E-state index contributed by atoms with van der Waals surface area (Å²) >= 11 is 6.02. The van der Waals surface area contributed by atoms with E-state index in [2.05, 4.69) is 16.0 Å². The van der Waals surface area contributed by atoms with E-state index in [0.29, 0.717) is 16.3 Å². The van der Waals surface area contributed by atoms with Gasteiger partial charge in [0.1, 0.15) is 0 Å². The summed E-state index contributed by atoms with van der Waals surface area (Å²) in [5.41, 5.74) is 1.18. The zero-order chi connectivity index (χ0) is 15.7. The molecule has 0 radical (unpaired) electrons. The van der Waals surface area contributed by atoms with Gasteiger partial charge >= 0.3 is 0 Å². The monoisotopic (exact) mass is 357 g/mol. The van der Waals surface area contributed by atoms with Crippen LogP contribution in [-0.2, 0) is 4.79 Å². The lowest BCUT2D eigenvalue weighted by molar-refractivity contribution is -0.118. The summed E-state index contributed by atoms with van der Waals surface area (Å²) in [6, 6.07) is 4.98. The van der Waals surface area contributed by atoms with Gasteiger partial charge in [0.25, 0.3) is 5.91 Å². The number of anilines is 1. The van der Waals surface area contributed by atoms with Crippen LogP contribution >= 0.6 is 24.0 Å². The lowest BCUT2D eigenvalue weighted by atomic mass is 9.92. The molecule has 1 heterocycles. The number of carbonyl (C=O) groups excluding carboxylic acids is 2. The Balaban J connectivity index is 0.00000192. The normalized spacial score (nSPS) is 21.2. The highest BCUT2D eigenvalue weighted by Crippen LogP contribution is 2.58. The van der Waals surface area contributed by atoms with Crippen molar-refractivity contribution in [1.82, 2.24) is 10.6 Å². The van der Waals surface area contributed by atoms with Crippen LogP contribution in [0.15, 0.2) is 18.2 Å². The van der Waals surface area contributed by atoms with Crippen LogP contribution in [0.4, 0.5) is 5.69 Å². The second-order valence-electron chi connectivity index (χ2n) is 6.13. The van der Waals surface area contributed by atoms with Gasteiger partial charge in [0, 0.05) is 18.7 Å². The summed E-state index contributed by atoms with van der Waals surface area (Å²) in [4.78, 5) is 24.2. The molecule has 126 valence electrons. The molecule has 1 aromatic rings. The fourth-order valence-corrected chi connectivity index (χ4v) is 3.54. The third-order valence-corrected chi connectivity index (χ3v) is 5.14. The molecule has 7 heteroatoms. The summed E-state index contributed by atoms with van der Waals surface area (Å²) in [6.07, 6.45) is 3.10. The van der Waals surface area contributed by atoms with Gasteiger partial charge in [-0.2, -0.15) is 0 Å². The minimum absolute atomic E-state index is 0. The van der Waals surface area contributed by atoms with E-state index in [1.165, 1.54) is 0 Å². The number of carbonyl (C=O) groups is 2. The van der Waals surface area contributed by atoms with Crippen LogP contribution < -0.4 is 16.0 Å².